The van der Waals surface area contributed by atoms with Crippen molar-refractivity contribution >= 4 is 24.8 Å². The SMILES string of the molecule is Cn1ccnc1C1CC(NC(=O)c2ccc(B(O)O)c(C=O)c2)CCO1. The summed E-state index contributed by atoms with van der Waals surface area (Å²) in [5.41, 5.74) is 0.430. The molecule has 1 fully saturated rings. The fourth-order valence-corrected chi connectivity index (χ4v) is 3.12. The largest absolute Gasteiger partial charge is 0.489 e. The molecule has 1 aliphatic heterocycles. The van der Waals surface area contributed by atoms with Crippen LogP contribution >= 0.6 is 0 Å². The molecular formula is C17H20BN3O5. The summed E-state index contributed by atoms with van der Waals surface area (Å²) >= 11 is 0. The number of aryl methyl sites for hydroxylation is 1. The second kappa shape index (κ2) is 7.82. The summed E-state index contributed by atoms with van der Waals surface area (Å²) in [6.45, 7) is 0.512. The third-order valence-electron chi connectivity index (χ3n) is 4.52. The molecule has 1 aromatic heterocycles. The number of nitrogens with zero attached hydrogens (tertiary/aromatic N) is 2. The molecule has 2 atom stereocenters. The van der Waals surface area contributed by atoms with Gasteiger partial charge >= 0.3 is 7.12 Å². The lowest BCUT2D eigenvalue weighted by Crippen LogP contribution is -2.40. The zero-order valence-corrected chi connectivity index (χ0v) is 14.3. The van der Waals surface area contributed by atoms with E-state index in [-0.39, 0.29) is 34.6 Å². The minimum Gasteiger partial charge on any atom is -0.423 e. The van der Waals surface area contributed by atoms with Gasteiger partial charge in [0, 0.05) is 49.6 Å². The van der Waals surface area contributed by atoms with Crippen molar-refractivity contribution in [3.63, 3.8) is 0 Å². The van der Waals surface area contributed by atoms with E-state index in [1.54, 1.807) is 6.20 Å². The molecule has 9 heteroatoms. The van der Waals surface area contributed by atoms with Crippen LogP contribution in [0.15, 0.2) is 30.6 Å². The van der Waals surface area contributed by atoms with Crippen molar-refractivity contribution < 1.29 is 24.4 Å². The molecule has 2 heterocycles. The van der Waals surface area contributed by atoms with Crippen molar-refractivity contribution in [3.8, 4) is 0 Å². The molecule has 2 aromatic rings. The molecule has 1 aliphatic rings. The first-order chi connectivity index (χ1) is 12.5. The van der Waals surface area contributed by atoms with Gasteiger partial charge < -0.3 is 24.7 Å². The molecular weight excluding hydrogens is 337 g/mol. The Kier molecular flexibility index (Phi) is 5.50. The number of carbonyl (C=O) groups excluding carboxylic acids is 2. The van der Waals surface area contributed by atoms with Gasteiger partial charge in [0.25, 0.3) is 5.91 Å². The lowest BCUT2D eigenvalue weighted by Gasteiger charge is -2.29. The Labute approximate surface area is 151 Å². The number of carbonyl (C=O) groups is 2. The highest BCUT2D eigenvalue weighted by atomic mass is 16.5. The first-order valence-corrected chi connectivity index (χ1v) is 8.34. The molecule has 3 N–H and O–H groups in total. The van der Waals surface area contributed by atoms with Crippen LogP contribution in [0, 0.1) is 0 Å². The second-order valence-corrected chi connectivity index (χ2v) is 6.29. The highest BCUT2D eigenvalue weighted by Gasteiger charge is 2.28. The summed E-state index contributed by atoms with van der Waals surface area (Å²) in [7, 11) is 0.132. The number of aromatic nitrogens is 2. The normalized spacial score (nSPS) is 19.8. The van der Waals surface area contributed by atoms with Crippen molar-refractivity contribution in [1.29, 1.82) is 0 Å². The summed E-state index contributed by atoms with van der Waals surface area (Å²) < 4.78 is 7.66. The molecule has 0 radical (unpaired) electrons. The fraction of sp³-hybridized carbons (Fsp3) is 0.353. The van der Waals surface area contributed by atoms with Gasteiger partial charge in [-0.1, -0.05) is 6.07 Å². The molecule has 0 spiro atoms. The highest BCUT2D eigenvalue weighted by Crippen LogP contribution is 2.26. The minimum atomic E-state index is -1.76. The van der Waals surface area contributed by atoms with Gasteiger partial charge in [-0.05, 0) is 24.0 Å². The summed E-state index contributed by atoms with van der Waals surface area (Å²) in [5.74, 6) is 0.492. The number of hydrogen-bond donors (Lipinski definition) is 3. The quantitative estimate of drug-likeness (QED) is 0.494. The van der Waals surface area contributed by atoms with E-state index in [1.165, 1.54) is 18.2 Å². The minimum absolute atomic E-state index is 0.0671. The predicted octanol–water partition coefficient (Wildman–Crippen LogP) is -0.438. The standard InChI is InChI=1S/C17H20BN3O5/c1-21-6-5-19-16(21)15-9-13(4-7-26-15)20-17(23)11-2-3-14(18(24)25)12(8-11)10-22/h2-3,5-6,8,10,13,15,24-25H,4,7,9H2,1H3,(H,20,23). The van der Waals surface area contributed by atoms with Gasteiger partial charge in [0.05, 0.1) is 0 Å². The number of aldehydes is 1. The highest BCUT2D eigenvalue weighted by molar-refractivity contribution is 6.60. The average molecular weight is 357 g/mol. The number of imidazole rings is 1. The van der Waals surface area contributed by atoms with Gasteiger partial charge in [0.15, 0.2) is 0 Å². The molecule has 3 rings (SSSR count). The van der Waals surface area contributed by atoms with Crippen LogP contribution in [0.5, 0.6) is 0 Å². The molecule has 1 saturated heterocycles. The third-order valence-corrected chi connectivity index (χ3v) is 4.52. The van der Waals surface area contributed by atoms with Crippen molar-refractivity contribution in [2.24, 2.45) is 7.05 Å². The van der Waals surface area contributed by atoms with Crippen LogP contribution in [0.25, 0.3) is 0 Å². The zero-order chi connectivity index (χ0) is 18.7. The van der Waals surface area contributed by atoms with Gasteiger partial charge in [-0.3, -0.25) is 9.59 Å². The zero-order valence-electron chi connectivity index (χ0n) is 14.3. The lowest BCUT2D eigenvalue weighted by atomic mass is 9.77. The topological polar surface area (TPSA) is 114 Å². The van der Waals surface area contributed by atoms with E-state index < -0.39 is 7.12 Å². The van der Waals surface area contributed by atoms with Crippen molar-refractivity contribution in [2.75, 3.05) is 6.61 Å². The summed E-state index contributed by atoms with van der Waals surface area (Å²) in [4.78, 5) is 27.9. The van der Waals surface area contributed by atoms with E-state index >= 15 is 0 Å². The van der Waals surface area contributed by atoms with E-state index in [9.17, 15) is 19.6 Å². The van der Waals surface area contributed by atoms with Gasteiger partial charge in [-0.2, -0.15) is 0 Å². The summed E-state index contributed by atoms with van der Waals surface area (Å²) in [6, 6.07) is 4.10. The number of amides is 1. The molecule has 1 amide bonds. The predicted molar refractivity (Wildman–Crippen MR) is 94.0 cm³/mol. The van der Waals surface area contributed by atoms with E-state index in [4.69, 9.17) is 4.74 Å². The molecule has 0 aliphatic carbocycles. The molecule has 1 aromatic carbocycles. The van der Waals surface area contributed by atoms with Crippen LogP contribution in [0.2, 0.25) is 0 Å². The van der Waals surface area contributed by atoms with Gasteiger partial charge in [-0.25, -0.2) is 4.98 Å². The fourth-order valence-electron chi connectivity index (χ4n) is 3.12. The molecule has 0 bridgehead atoms. The Bertz CT molecular complexity index is 807. The van der Waals surface area contributed by atoms with E-state index in [0.717, 1.165) is 5.82 Å². The van der Waals surface area contributed by atoms with Crippen LogP contribution in [0.3, 0.4) is 0 Å². The monoisotopic (exact) mass is 357 g/mol. The van der Waals surface area contributed by atoms with Crippen molar-refractivity contribution in [2.45, 2.75) is 25.0 Å². The van der Waals surface area contributed by atoms with Crippen molar-refractivity contribution in [1.82, 2.24) is 14.9 Å². The molecule has 136 valence electrons. The first kappa shape index (κ1) is 18.3. The van der Waals surface area contributed by atoms with E-state index in [0.29, 0.717) is 25.7 Å². The maximum absolute atomic E-state index is 12.5. The number of hydrogen-bond acceptors (Lipinski definition) is 6. The Morgan fingerprint density at radius 2 is 2.27 bits per heavy atom. The average Bonchev–Trinajstić information content (AvgIpc) is 3.07. The number of rotatable bonds is 5. The Morgan fingerprint density at radius 3 is 2.92 bits per heavy atom. The van der Waals surface area contributed by atoms with Gasteiger partial charge in [0.2, 0.25) is 0 Å². The maximum atomic E-state index is 12.5. The van der Waals surface area contributed by atoms with Gasteiger partial charge in [-0.15, -0.1) is 0 Å². The lowest BCUT2D eigenvalue weighted by molar-refractivity contribution is -0.00553. The Hall–Kier alpha value is -2.49. The summed E-state index contributed by atoms with van der Waals surface area (Å²) in [5, 5.41) is 21.4. The van der Waals surface area contributed by atoms with Gasteiger partial charge in [0.1, 0.15) is 18.2 Å². The molecule has 26 heavy (non-hydrogen) atoms. The summed E-state index contributed by atoms with van der Waals surface area (Å²) in [6.07, 6.45) is 5.15. The number of ether oxygens (including phenoxy) is 1. The molecule has 2 unspecified atom stereocenters. The molecule has 0 saturated carbocycles. The first-order valence-electron chi connectivity index (χ1n) is 8.34. The number of nitrogens with one attached hydrogen (secondary N) is 1. The maximum Gasteiger partial charge on any atom is 0.489 e. The van der Waals surface area contributed by atoms with Crippen molar-refractivity contribution in [3.05, 3.63) is 47.5 Å². The smallest absolute Gasteiger partial charge is 0.423 e. The number of benzene rings is 1. The van der Waals surface area contributed by atoms with Crippen LogP contribution in [-0.4, -0.2) is 51.6 Å². The molecule has 8 nitrogen and oxygen atoms in total. The van der Waals surface area contributed by atoms with E-state index in [1.807, 2.05) is 17.8 Å². The van der Waals surface area contributed by atoms with Crippen LogP contribution in [0.1, 0.15) is 45.5 Å². The Balaban J connectivity index is 1.69. The third kappa shape index (κ3) is 3.85. The Morgan fingerprint density at radius 1 is 1.46 bits per heavy atom. The second-order valence-electron chi connectivity index (χ2n) is 6.29. The van der Waals surface area contributed by atoms with Crippen LogP contribution < -0.4 is 10.8 Å². The van der Waals surface area contributed by atoms with Crippen LogP contribution in [-0.2, 0) is 11.8 Å². The van der Waals surface area contributed by atoms with E-state index in [2.05, 4.69) is 10.3 Å². The van der Waals surface area contributed by atoms with Crippen LogP contribution in [0.4, 0.5) is 0 Å².